The molecule has 2 aromatic rings. The Kier molecular flexibility index (Phi) is 10.3. The molecule has 0 atom stereocenters. The third kappa shape index (κ3) is 7.09. The van der Waals surface area contributed by atoms with Gasteiger partial charge in [-0.3, -0.25) is 15.5 Å². The van der Waals surface area contributed by atoms with Crippen LogP contribution < -0.4 is 39.5 Å². The first-order valence-corrected chi connectivity index (χ1v) is 9.64. The summed E-state index contributed by atoms with van der Waals surface area (Å²) in [7, 11) is 0. The molecule has 0 aliphatic carbocycles. The molecule has 144 valence electrons. The van der Waals surface area contributed by atoms with Crippen molar-refractivity contribution in [1.82, 2.24) is 20.6 Å². The molecule has 1 heterocycles. The molecule has 2 rings (SSSR count). The number of hydrogen-bond acceptors (Lipinski definition) is 5. The molecule has 0 aliphatic heterocycles. The fourth-order valence-corrected chi connectivity index (χ4v) is 3.10. The summed E-state index contributed by atoms with van der Waals surface area (Å²) in [6.45, 7) is 9.14. The second-order valence-electron chi connectivity index (χ2n) is 7.44. The molecule has 27 heavy (non-hydrogen) atoms. The summed E-state index contributed by atoms with van der Waals surface area (Å²) in [6.07, 6.45) is 6.95. The molecule has 7 heteroatoms. The van der Waals surface area contributed by atoms with Crippen LogP contribution in [-0.4, -0.2) is 27.1 Å². The van der Waals surface area contributed by atoms with Crippen molar-refractivity contribution >= 4 is 0 Å². The Morgan fingerprint density at radius 2 is 1.89 bits per heavy atom. The zero-order chi connectivity index (χ0) is 19.0. The van der Waals surface area contributed by atoms with Crippen LogP contribution in [-0.2, 0) is 18.3 Å². The molecule has 0 aliphatic rings. The summed E-state index contributed by atoms with van der Waals surface area (Å²) < 4.78 is 5.94. The van der Waals surface area contributed by atoms with E-state index in [9.17, 15) is 5.11 Å². The van der Waals surface area contributed by atoms with Crippen molar-refractivity contribution in [3.63, 3.8) is 0 Å². The average Bonchev–Trinajstić information content (AvgIpc) is 3.15. The topological polar surface area (TPSA) is 82.2 Å². The third-order valence-corrected chi connectivity index (χ3v) is 4.79. The number of rotatable bonds is 11. The van der Waals surface area contributed by atoms with Gasteiger partial charge in [-0.2, -0.15) is 0 Å². The first-order chi connectivity index (χ1) is 12.5. The van der Waals surface area contributed by atoms with Crippen LogP contribution in [0.2, 0.25) is 0 Å². The fraction of sp³-hybridized carbons (Fsp3) is 0.650. The van der Waals surface area contributed by atoms with Crippen LogP contribution in [0, 0.1) is 0 Å². The van der Waals surface area contributed by atoms with E-state index in [4.69, 9.17) is 4.74 Å². The number of aromatic nitrogens is 4. The molecular weight excluding hydrogens is 351 g/mol. The van der Waals surface area contributed by atoms with Gasteiger partial charge in [0.15, 0.2) is 0 Å². The van der Waals surface area contributed by atoms with Crippen LogP contribution in [0.3, 0.4) is 0 Å². The van der Waals surface area contributed by atoms with Gasteiger partial charge in [0, 0.05) is 17.3 Å². The van der Waals surface area contributed by atoms with Gasteiger partial charge in [-0.05, 0) is 42.9 Å². The summed E-state index contributed by atoms with van der Waals surface area (Å²) in [5.74, 6) is 1.87. The molecule has 0 saturated carbocycles. The minimum atomic E-state index is -0.0966. The Morgan fingerprint density at radius 3 is 2.52 bits per heavy atom. The van der Waals surface area contributed by atoms with Gasteiger partial charge in [0.1, 0.15) is 11.5 Å². The van der Waals surface area contributed by atoms with Gasteiger partial charge in [-0.15, -0.1) is 0 Å². The van der Waals surface area contributed by atoms with Crippen molar-refractivity contribution in [3.8, 4) is 11.5 Å². The minimum Gasteiger partial charge on any atom is -0.508 e. The molecule has 0 spiro atoms. The molecular formula is C20H31N4NaO2. The number of benzene rings is 1. The predicted octanol–water partition coefficient (Wildman–Crippen LogP) is 0.970. The summed E-state index contributed by atoms with van der Waals surface area (Å²) in [5, 5.41) is 25.2. The number of aromatic hydroxyl groups is 1. The van der Waals surface area contributed by atoms with E-state index < -0.39 is 0 Å². The Labute approximate surface area is 184 Å². The first kappa shape index (κ1) is 23.9. The molecule has 0 amide bonds. The summed E-state index contributed by atoms with van der Waals surface area (Å²) >= 11 is 0. The Bertz CT molecular complexity index is 675. The van der Waals surface area contributed by atoms with Crippen LogP contribution in [0.1, 0.15) is 76.8 Å². The van der Waals surface area contributed by atoms with E-state index in [2.05, 4.69) is 54.4 Å². The zero-order valence-corrected chi connectivity index (χ0v) is 19.5. The summed E-state index contributed by atoms with van der Waals surface area (Å²) in [5.41, 5.74) is 2.08. The number of unbranched alkanes of at least 4 members (excludes halogenated alkanes) is 2. The van der Waals surface area contributed by atoms with Gasteiger partial charge in [0.25, 0.3) is 0 Å². The van der Waals surface area contributed by atoms with Gasteiger partial charge in [-0.25, -0.2) is 0 Å². The third-order valence-electron chi connectivity index (χ3n) is 4.79. The van der Waals surface area contributed by atoms with Gasteiger partial charge < -0.3 is 14.9 Å². The number of phenols is 1. The zero-order valence-electron chi connectivity index (χ0n) is 17.5. The van der Waals surface area contributed by atoms with Crippen LogP contribution in [0.15, 0.2) is 12.1 Å². The second-order valence-corrected chi connectivity index (χ2v) is 7.44. The van der Waals surface area contributed by atoms with E-state index in [-0.39, 0.29) is 35.0 Å². The normalized spacial score (nSPS) is 11.3. The number of aryl methyl sites for hydroxylation is 2. The van der Waals surface area contributed by atoms with Gasteiger partial charge in [0.05, 0.1) is 6.61 Å². The standard InChI is InChI=1S/C20H31N4O2.Na/c1-5-10-16-13-15(6-2)18(14-17(16)25)26-12-9-7-8-11-20(3,4)19-21-23-24-22-19;/h13-14H,5-12H2,1-4H3,(H-,21,22,23,24,25);/q-1;+1. The molecule has 6 nitrogen and oxygen atoms in total. The Balaban J connectivity index is 0.00000364. The van der Waals surface area contributed by atoms with Crippen molar-refractivity contribution in [1.29, 1.82) is 0 Å². The molecule has 0 unspecified atom stereocenters. The molecule has 0 bridgehead atoms. The summed E-state index contributed by atoms with van der Waals surface area (Å²) in [4.78, 5) is 0. The van der Waals surface area contributed by atoms with Crippen LogP contribution in [0.5, 0.6) is 11.5 Å². The van der Waals surface area contributed by atoms with Crippen LogP contribution in [0.25, 0.3) is 0 Å². The van der Waals surface area contributed by atoms with Gasteiger partial charge in [-0.1, -0.05) is 47.0 Å². The van der Waals surface area contributed by atoms with Crippen molar-refractivity contribution in [2.45, 2.75) is 78.1 Å². The maximum atomic E-state index is 10.2. The molecule has 0 radical (unpaired) electrons. The Morgan fingerprint density at radius 1 is 1.11 bits per heavy atom. The van der Waals surface area contributed by atoms with Gasteiger partial charge >= 0.3 is 29.6 Å². The smallest absolute Gasteiger partial charge is 0.508 e. The number of phenolic OH excluding ortho intramolecular Hbond substituents is 1. The average molecular weight is 382 g/mol. The van der Waals surface area contributed by atoms with Crippen molar-refractivity contribution in [2.75, 3.05) is 6.61 Å². The van der Waals surface area contributed by atoms with Crippen molar-refractivity contribution in [3.05, 3.63) is 29.1 Å². The van der Waals surface area contributed by atoms with E-state index in [0.717, 1.165) is 56.3 Å². The molecule has 0 saturated heterocycles. The number of hydrogen-bond donors (Lipinski definition) is 1. The molecule has 1 aromatic heterocycles. The minimum absolute atomic E-state index is 0. The van der Waals surface area contributed by atoms with Gasteiger partial charge in [0.2, 0.25) is 0 Å². The van der Waals surface area contributed by atoms with E-state index in [1.807, 2.05) is 0 Å². The largest absolute Gasteiger partial charge is 1.00 e. The molecule has 1 aromatic carbocycles. The maximum Gasteiger partial charge on any atom is 1.00 e. The Hall–Kier alpha value is -1.11. The second kappa shape index (κ2) is 11.7. The van der Waals surface area contributed by atoms with Crippen LogP contribution in [0.4, 0.5) is 0 Å². The maximum absolute atomic E-state index is 10.2. The first-order valence-electron chi connectivity index (χ1n) is 9.64. The van der Waals surface area contributed by atoms with Crippen molar-refractivity contribution < 1.29 is 39.4 Å². The van der Waals surface area contributed by atoms with Crippen LogP contribution >= 0.6 is 0 Å². The van der Waals surface area contributed by atoms with E-state index in [1.54, 1.807) is 6.07 Å². The number of ether oxygens (including phenoxy) is 1. The monoisotopic (exact) mass is 382 g/mol. The SMILES string of the molecule is CCCc1cc(CC)c(OCCCCCC(C)(C)c2nn[n-]n2)cc1O.[Na+]. The van der Waals surface area contributed by atoms with Crippen molar-refractivity contribution in [2.24, 2.45) is 0 Å². The summed E-state index contributed by atoms with van der Waals surface area (Å²) in [6, 6.07) is 3.86. The van der Waals surface area contributed by atoms with E-state index in [1.165, 1.54) is 5.56 Å². The molecule has 0 fully saturated rings. The number of tetrazole rings is 1. The fourth-order valence-electron chi connectivity index (χ4n) is 3.10. The predicted molar refractivity (Wildman–Crippen MR) is 102 cm³/mol. The molecule has 1 N–H and O–H groups in total. The van der Waals surface area contributed by atoms with E-state index >= 15 is 0 Å². The van der Waals surface area contributed by atoms with E-state index in [0.29, 0.717) is 18.2 Å². The quantitative estimate of drug-likeness (QED) is 0.461. The number of nitrogens with zero attached hydrogens (tertiary/aromatic N) is 4.